The maximum Gasteiger partial charge on any atom is 0.245 e. The van der Waals surface area contributed by atoms with Gasteiger partial charge in [0.15, 0.2) is 5.58 Å². The summed E-state index contributed by atoms with van der Waals surface area (Å²) in [5.74, 6) is 0. The number of nitrogens with zero attached hydrogens (tertiary/aromatic N) is 1. The molecule has 5 heteroatoms. The normalized spacial score (nSPS) is 14.0. The van der Waals surface area contributed by atoms with E-state index in [2.05, 4.69) is 225 Å². The minimum Gasteiger partial charge on any atom is -0.469 e. The van der Waals surface area contributed by atoms with Crippen molar-refractivity contribution in [1.82, 2.24) is 0 Å². The first-order valence-corrected chi connectivity index (χ1v) is 23.1. The average Bonchev–Trinajstić information content (AvgIpc) is 4.01. The molecule has 0 fully saturated rings. The highest BCUT2D eigenvalue weighted by molar-refractivity contribution is 6.73. The molecule has 0 saturated carbocycles. The number of para-hydroxylation sites is 4. The van der Waals surface area contributed by atoms with Gasteiger partial charge in [0, 0.05) is 33.0 Å². The molecule has 66 heavy (non-hydrogen) atoms. The number of rotatable bonds is 3. The third-order valence-corrected chi connectivity index (χ3v) is 14.7. The van der Waals surface area contributed by atoms with Crippen molar-refractivity contribution in [3.8, 4) is 33.4 Å². The van der Waals surface area contributed by atoms with E-state index in [9.17, 15) is 0 Å². The molecular formula is C61H43BN2O2. The molecule has 9 aromatic carbocycles. The first-order chi connectivity index (χ1) is 32.4. The summed E-state index contributed by atoms with van der Waals surface area (Å²) in [5.41, 5.74) is 23.0. The third kappa shape index (κ3) is 5.00. The monoisotopic (exact) mass is 846 g/mol. The molecule has 0 saturated heterocycles. The third-order valence-electron chi connectivity index (χ3n) is 14.7. The molecule has 312 valence electrons. The second-order valence-electron chi connectivity index (χ2n) is 19.2. The lowest BCUT2D eigenvalue weighted by atomic mass is 9.60. The number of fused-ring (bicyclic) bond motifs is 17. The lowest BCUT2D eigenvalue weighted by Gasteiger charge is -2.41. The predicted octanol–water partition coefficient (Wildman–Crippen LogP) is 14.6. The lowest BCUT2D eigenvalue weighted by Crippen LogP contribution is -2.40. The van der Waals surface area contributed by atoms with E-state index in [0.29, 0.717) is 7.28 Å². The van der Waals surface area contributed by atoms with Gasteiger partial charge in [-0.3, -0.25) is 0 Å². The van der Waals surface area contributed by atoms with Crippen molar-refractivity contribution in [3.63, 3.8) is 0 Å². The standard InChI is InChI=1S/C61H43BN2O2/c1-60(2,3)37-32-33-51(43(34-37)36-18-5-4-6-19-36)64-56-42-23-10-16-31-53(42)66-59(56)62-54-44(35-45-40-22-9-15-30-52(40)65-58(45)57(54)64)41-24-17-28-49-55(41)63-50-29-14-13-27-48(50)61(49)46-25-11-7-20-38(46)39-21-8-12-26-47(39)61/h4-35,62-63H,1-3H3. The van der Waals surface area contributed by atoms with Gasteiger partial charge in [0.2, 0.25) is 7.28 Å². The van der Waals surface area contributed by atoms with Crippen LogP contribution in [0.15, 0.2) is 203 Å². The molecule has 1 aliphatic carbocycles. The minimum absolute atomic E-state index is 0.0652. The van der Waals surface area contributed by atoms with Gasteiger partial charge in [0.1, 0.15) is 11.2 Å². The van der Waals surface area contributed by atoms with E-state index >= 15 is 0 Å². The highest BCUT2D eigenvalue weighted by atomic mass is 16.3. The van der Waals surface area contributed by atoms with Crippen molar-refractivity contribution in [2.24, 2.45) is 0 Å². The molecule has 2 aliphatic heterocycles. The largest absolute Gasteiger partial charge is 0.469 e. The van der Waals surface area contributed by atoms with E-state index in [1.165, 1.54) is 38.9 Å². The number of benzene rings is 9. The van der Waals surface area contributed by atoms with Gasteiger partial charge in [0.05, 0.1) is 33.8 Å². The molecule has 4 heterocycles. The van der Waals surface area contributed by atoms with Gasteiger partial charge in [-0.05, 0) is 103 Å². The molecule has 11 aromatic rings. The zero-order valence-electron chi connectivity index (χ0n) is 36.9. The summed E-state index contributed by atoms with van der Waals surface area (Å²) in [6.07, 6.45) is 0. The Morgan fingerprint density at radius 2 is 1.11 bits per heavy atom. The van der Waals surface area contributed by atoms with Crippen molar-refractivity contribution < 1.29 is 8.83 Å². The van der Waals surface area contributed by atoms with Crippen LogP contribution in [0.1, 0.15) is 48.6 Å². The Kier molecular flexibility index (Phi) is 7.65. The number of hydrogen-bond acceptors (Lipinski definition) is 4. The first kappa shape index (κ1) is 37.4. The van der Waals surface area contributed by atoms with Crippen molar-refractivity contribution in [2.75, 3.05) is 10.2 Å². The van der Waals surface area contributed by atoms with Crippen LogP contribution in [-0.2, 0) is 10.8 Å². The number of hydrogen-bond donors (Lipinski definition) is 1. The van der Waals surface area contributed by atoms with Crippen LogP contribution in [0.25, 0.3) is 66.3 Å². The molecule has 0 atom stereocenters. The van der Waals surface area contributed by atoms with Gasteiger partial charge in [-0.1, -0.05) is 172 Å². The first-order valence-electron chi connectivity index (χ1n) is 23.1. The van der Waals surface area contributed by atoms with Crippen LogP contribution in [0.3, 0.4) is 0 Å². The van der Waals surface area contributed by atoms with Crippen molar-refractivity contribution in [3.05, 3.63) is 222 Å². The minimum atomic E-state index is -0.538. The van der Waals surface area contributed by atoms with Gasteiger partial charge in [-0.2, -0.15) is 0 Å². The molecule has 1 N–H and O–H groups in total. The van der Waals surface area contributed by atoms with Crippen LogP contribution in [0, 0.1) is 0 Å². The van der Waals surface area contributed by atoms with Gasteiger partial charge in [-0.15, -0.1) is 0 Å². The fourth-order valence-electron chi connectivity index (χ4n) is 11.8. The molecule has 1 spiro atoms. The molecular weight excluding hydrogens is 803 g/mol. The zero-order chi connectivity index (χ0) is 43.9. The smallest absolute Gasteiger partial charge is 0.245 e. The molecule has 0 amide bonds. The van der Waals surface area contributed by atoms with E-state index in [-0.39, 0.29) is 5.41 Å². The van der Waals surface area contributed by atoms with Crippen LogP contribution >= 0.6 is 0 Å². The Hall–Kier alpha value is -8.02. The molecule has 3 aliphatic rings. The summed E-state index contributed by atoms with van der Waals surface area (Å²) in [6, 6.07) is 71.1. The summed E-state index contributed by atoms with van der Waals surface area (Å²) in [5, 5.41) is 7.32. The Labute approximate surface area is 384 Å². The fourth-order valence-corrected chi connectivity index (χ4v) is 11.8. The van der Waals surface area contributed by atoms with Gasteiger partial charge >= 0.3 is 0 Å². The number of furan rings is 2. The van der Waals surface area contributed by atoms with Gasteiger partial charge in [0.25, 0.3) is 0 Å². The summed E-state index contributed by atoms with van der Waals surface area (Å²) in [7, 11) is 0.579. The van der Waals surface area contributed by atoms with Crippen LogP contribution in [0.2, 0.25) is 0 Å². The highest BCUT2D eigenvalue weighted by Gasteiger charge is 2.50. The molecule has 4 nitrogen and oxygen atoms in total. The predicted molar refractivity (Wildman–Crippen MR) is 275 cm³/mol. The van der Waals surface area contributed by atoms with Crippen LogP contribution in [0.4, 0.5) is 28.4 Å². The van der Waals surface area contributed by atoms with E-state index in [4.69, 9.17) is 8.83 Å². The summed E-state index contributed by atoms with van der Waals surface area (Å²) < 4.78 is 14.2. The van der Waals surface area contributed by atoms with E-state index < -0.39 is 5.41 Å². The quantitative estimate of drug-likeness (QED) is 0.180. The topological polar surface area (TPSA) is 41.6 Å². The SMILES string of the molecule is CC(C)(C)c1ccc(N2c3c(oc4ccccc34)Bc3c(-c4cccc5c4Nc4ccccc4C54c5ccccc5-c5ccccc54)cc4c(oc5ccccc54)c32)c(-c2ccccc2)c1. The Morgan fingerprint density at radius 1 is 0.485 bits per heavy atom. The van der Waals surface area contributed by atoms with Gasteiger partial charge in [-0.25, -0.2) is 0 Å². The van der Waals surface area contributed by atoms with Crippen LogP contribution in [0.5, 0.6) is 0 Å². The molecule has 2 aromatic heterocycles. The summed E-state index contributed by atoms with van der Waals surface area (Å²) in [4.78, 5) is 2.48. The van der Waals surface area contributed by atoms with E-state index in [1.54, 1.807) is 0 Å². The van der Waals surface area contributed by atoms with Crippen LogP contribution < -0.4 is 21.3 Å². The fraction of sp³-hybridized carbons (Fsp3) is 0.0820. The number of nitrogens with one attached hydrogen (secondary N) is 1. The van der Waals surface area contributed by atoms with E-state index in [1.807, 2.05) is 0 Å². The number of anilines is 5. The van der Waals surface area contributed by atoms with Crippen molar-refractivity contribution in [1.29, 1.82) is 0 Å². The van der Waals surface area contributed by atoms with Gasteiger partial charge < -0.3 is 19.1 Å². The Morgan fingerprint density at radius 3 is 1.86 bits per heavy atom. The maximum absolute atomic E-state index is 7.15. The molecule has 14 rings (SSSR count). The molecule has 0 radical (unpaired) electrons. The zero-order valence-corrected chi connectivity index (χ0v) is 36.9. The second kappa shape index (κ2) is 13.5. The maximum atomic E-state index is 7.15. The Bertz CT molecular complexity index is 3790. The summed E-state index contributed by atoms with van der Waals surface area (Å²) >= 11 is 0. The van der Waals surface area contributed by atoms with Crippen molar-refractivity contribution in [2.45, 2.75) is 31.6 Å². The molecule has 0 bridgehead atoms. The van der Waals surface area contributed by atoms with Crippen LogP contribution in [-0.4, -0.2) is 7.28 Å². The highest BCUT2D eigenvalue weighted by Crippen LogP contribution is 2.62. The van der Waals surface area contributed by atoms with Crippen molar-refractivity contribution >= 4 is 79.7 Å². The van der Waals surface area contributed by atoms with E-state index in [0.717, 1.165) is 94.7 Å². The lowest BCUT2D eigenvalue weighted by molar-refractivity contribution is 0.590. The molecule has 0 unspecified atom stereocenters. The Balaban J connectivity index is 1.12. The average molecular weight is 847 g/mol. The summed E-state index contributed by atoms with van der Waals surface area (Å²) in [6.45, 7) is 6.87. The second-order valence-corrected chi connectivity index (χ2v) is 19.2.